The summed E-state index contributed by atoms with van der Waals surface area (Å²) in [4.78, 5) is 0. The monoisotopic (exact) mass is 259 g/mol. The lowest BCUT2D eigenvalue weighted by atomic mass is 10.2. The van der Waals surface area contributed by atoms with E-state index in [0.717, 1.165) is 29.2 Å². The van der Waals surface area contributed by atoms with Crippen LogP contribution in [-0.4, -0.2) is 0 Å². The van der Waals surface area contributed by atoms with Crippen LogP contribution in [0.1, 0.15) is 5.76 Å². The second-order valence-corrected chi connectivity index (χ2v) is 4.23. The first-order valence-corrected chi connectivity index (χ1v) is 5.89. The maximum absolute atomic E-state index is 13.4. The van der Waals surface area contributed by atoms with Gasteiger partial charge in [-0.3, -0.25) is 0 Å². The van der Waals surface area contributed by atoms with Crippen LogP contribution in [0.25, 0.3) is 11.0 Å². The molecular formula is C15H11F2NO. The molecule has 0 amide bonds. The Morgan fingerprint density at radius 1 is 1.00 bits per heavy atom. The highest BCUT2D eigenvalue weighted by atomic mass is 19.1. The predicted octanol–water partition coefficient (Wildman–Crippen LogP) is 4.32. The summed E-state index contributed by atoms with van der Waals surface area (Å²) in [6, 6.07) is 12.8. The van der Waals surface area contributed by atoms with E-state index in [1.165, 1.54) is 0 Å². The molecule has 0 bridgehead atoms. The summed E-state index contributed by atoms with van der Waals surface area (Å²) in [6.45, 7) is 0.301. The van der Waals surface area contributed by atoms with Gasteiger partial charge >= 0.3 is 0 Å². The summed E-state index contributed by atoms with van der Waals surface area (Å²) < 4.78 is 32.0. The molecule has 2 nitrogen and oxygen atoms in total. The fraction of sp³-hybridized carbons (Fsp3) is 0.0667. The third-order valence-corrected chi connectivity index (χ3v) is 2.86. The van der Waals surface area contributed by atoms with E-state index >= 15 is 0 Å². The molecule has 0 saturated heterocycles. The molecule has 0 aliphatic heterocycles. The van der Waals surface area contributed by atoms with Gasteiger partial charge in [0.2, 0.25) is 0 Å². The van der Waals surface area contributed by atoms with Gasteiger partial charge in [-0.1, -0.05) is 18.2 Å². The number of rotatable bonds is 3. The third kappa shape index (κ3) is 2.42. The highest BCUT2D eigenvalue weighted by Crippen LogP contribution is 2.21. The molecule has 4 heteroatoms. The van der Waals surface area contributed by atoms with Gasteiger partial charge in [0, 0.05) is 5.39 Å². The molecule has 1 N–H and O–H groups in total. The fourth-order valence-electron chi connectivity index (χ4n) is 1.94. The first kappa shape index (κ1) is 11.7. The molecule has 96 valence electrons. The van der Waals surface area contributed by atoms with Crippen LogP contribution in [0, 0.1) is 11.6 Å². The van der Waals surface area contributed by atoms with Gasteiger partial charge in [-0.15, -0.1) is 0 Å². The standard InChI is InChI=1S/C15H11F2NO/c16-11-5-6-13(17)14(8-11)18-9-12-7-10-3-1-2-4-15(10)19-12/h1-8,18H,9H2. The maximum Gasteiger partial charge on any atom is 0.146 e. The van der Waals surface area contributed by atoms with E-state index in [-0.39, 0.29) is 5.69 Å². The Labute approximate surface area is 108 Å². The van der Waals surface area contributed by atoms with Gasteiger partial charge in [0.05, 0.1) is 12.2 Å². The van der Waals surface area contributed by atoms with Crippen LogP contribution < -0.4 is 5.32 Å². The molecule has 1 aromatic heterocycles. The second kappa shape index (κ2) is 4.72. The third-order valence-electron chi connectivity index (χ3n) is 2.86. The molecule has 3 rings (SSSR count). The molecule has 0 radical (unpaired) electrons. The molecule has 0 unspecified atom stereocenters. The highest BCUT2D eigenvalue weighted by molar-refractivity contribution is 5.77. The van der Waals surface area contributed by atoms with Gasteiger partial charge in [0.15, 0.2) is 0 Å². The van der Waals surface area contributed by atoms with Gasteiger partial charge in [0.1, 0.15) is 23.0 Å². The van der Waals surface area contributed by atoms with Crippen molar-refractivity contribution in [1.82, 2.24) is 0 Å². The minimum Gasteiger partial charge on any atom is -0.459 e. The first-order valence-electron chi connectivity index (χ1n) is 5.89. The van der Waals surface area contributed by atoms with E-state index in [0.29, 0.717) is 12.3 Å². The Morgan fingerprint density at radius 2 is 1.84 bits per heavy atom. The lowest BCUT2D eigenvalue weighted by molar-refractivity contribution is 0.557. The van der Waals surface area contributed by atoms with Crippen LogP contribution in [0.5, 0.6) is 0 Å². The average Bonchev–Trinajstić information content (AvgIpc) is 2.82. The van der Waals surface area contributed by atoms with Crippen LogP contribution in [-0.2, 0) is 6.54 Å². The Hall–Kier alpha value is -2.36. The topological polar surface area (TPSA) is 25.2 Å². The molecule has 0 atom stereocenters. The van der Waals surface area contributed by atoms with Crippen molar-refractivity contribution in [1.29, 1.82) is 0 Å². The van der Waals surface area contributed by atoms with E-state index in [1.807, 2.05) is 30.3 Å². The summed E-state index contributed by atoms with van der Waals surface area (Å²) in [5.41, 5.74) is 0.902. The van der Waals surface area contributed by atoms with Crippen molar-refractivity contribution >= 4 is 16.7 Å². The summed E-state index contributed by atoms with van der Waals surface area (Å²) in [5, 5.41) is 3.81. The van der Waals surface area contributed by atoms with Crippen molar-refractivity contribution < 1.29 is 13.2 Å². The number of nitrogens with one attached hydrogen (secondary N) is 1. The molecule has 0 aliphatic rings. The van der Waals surface area contributed by atoms with E-state index in [4.69, 9.17) is 4.42 Å². The van der Waals surface area contributed by atoms with Crippen molar-refractivity contribution in [2.75, 3.05) is 5.32 Å². The van der Waals surface area contributed by atoms with Crippen LogP contribution in [0.15, 0.2) is 52.9 Å². The molecule has 0 spiro atoms. The lowest BCUT2D eigenvalue weighted by Crippen LogP contribution is -2.00. The van der Waals surface area contributed by atoms with Gasteiger partial charge in [0.25, 0.3) is 0 Å². The van der Waals surface area contributed by atoms with Crippen molar-refractivity contribution in [2.24, 2.45) is 0 Å². The molecule has 19 heavy (non-hydrogen) atoms. The number of furan rings is 1. The van der Waals surface area contributed by atoms with E-state index in [9.17, 15) is 8.78 Å². The molecule has 1 heterocycles. The van der Waals surface area contributed by atoms with Crippen molar-refractivity contribution in [2.45, 2.75) is 6.54 Å². The largest absolute Gasteiger partial charge is 0.459 e. The zero-order valence-electron chi connectivity index (χ0n) is 9.99. The molecule has 0 fully saturated rings. The number of halogens is 2. The van der Waals surface area contributed by atoms with E-state index < -0.39 is 11.6 Å². The number of hydrogen-bond acceptors (Lipinski definition) is 2. The van der Waals surface area contributed by atoms with Gasteiger partial charge < -0.3 is 9.73 Å². The number of hydrogen-bond donors (Lipinski definition) is 1. The van der Waals surface area contributed by atoms with Crippen molar-refractivity contribution in [3.05, 3.63) is 65.9 Å². The minimum absolute atomic E-state index is 0.125. The maximum atomic E-state index is 13.4. The molecular weight excluding hydrogens is 248 g/mol. The summed E-state index contributed by atoms with van der Waals surface area (Å²) in [6.07, 6.45) is 0. The Balaban J connectivity index is 1.80. The predicted molar refractivity (Wildman–Crippen MR) is 69.9 cm³/mol. The zero-order chi connectivity index (χ0) is 13.2. The molecule has 0 aliphatic carbocycles. The Bertz CT molecular complexity index is 688. The van der Waals surface area contributed by atoms with Crippen LogP contribution in [0.4, 0.5) is 14.5 Å². The Morgan fingerprint density at radius 3 is 2.68 bits per heavy atom. The molecule has 2 aromatic carbocycles. The number of anilines is 1. The van der Waals surface area contributed by atoms with Crippen LogP contribution in [0.2, 0.25) is 0 Å². The Kier molecular flexibility index (Phi) is 2.91. The molecule has 0 saturated carbocycles. The van der Waals surface area contributed by atoms with Gasteiger partial charge in [-0.25, -0.2) is 8.78 Å². The number of para-hydroxylation sites is 1. The van der Waals surface area contributed by atoms with Gasteiger partial charge in [-0.05, 0) is 30.3 Å². The smallest absolute Gasteiger partial charge is 0.146 e. The van der Waals surface area contributed by atoms with Crippen LogP contribution in [0.3, 0.4) is 0 Å². The summed E-state index contributed by atoms with van der Waals surface area (Å²) in [5.74, 6) is -0.295. The zero-order valence-corrected chi connectivity index (χ0v) is 9.99. The second-order valence-electron chi connectivity index (χ2n) is 4.23. The van der Waals surface area contributed by atoms with Gasteiger partial charge in [-0.2, -0.15) is 0 Å². The number of fused-ring (bicyclic) bond motifs is 1. The summed E-state index contributed by atoms with van der Waals surface area (Å²) in [7, 11) is 0. The normalized spacial score (nSPS) is 10.8. The minimum atomic E-state index is -0.488. The van der Waals surface area contributed by atoms with Crippen LogP contribution >= 0.6 is 0 Å². The van der Waals surface area contributed by atoms with Crippen molar-refractivity contribution in [3.8, 4) is 0 Å². The molecule has 3 aromatic rings. The average molecular weight is 259 g/mol. The highest BCUT2D eigenvalue weighted by Gasteiger charge is 2.06. The SMILES string of the molecule is Fc1ccc(F)c(NCc2cc3ccccc3o2)c1. The fourth-order valence-corrected chi connectivity index (χ4v) is 1.94. The van der Waals surface area contributed by atoms with E-state index in [2.05, 4.69) is 5.32 Å². The quantitative estimate of drug-likeness (QED) is 0.757. The van der Waals surface area contributed by atoms with Crippen molar-refractivity contribution in [3.63, 3.8) is 0 Å². The lowest BCUT2D eigenvalue weighted by Gasteiger charge is -2.05. The number of benzene rings is 2. The van der Waals surface area contributed by atoms with E-state index in [1.54, 1.807) is 0 Å². The summed E-state index contributed by atoms with van der Waals surface area (Å²) >= 11 is 0. The first-order chi connectivity index (χ1) is 9.22.